The first-order chi connectivity index (χ1) is 9.69. The van der Waals surface area contributed by atoms with Gasteiger partial charge in [0, 0.05) is 6.04 Å². The average Bonchev–Trinajstić information content (AvgIpc) is 2.87. The van der Waals surface area contributed by atoms with Crippen LogP contribution in [0.1, 0.15) is 24.8 Å². The molecular weight excluding hydrogens is 258 g/mol. The molecule has 0 saturated heterocycles. The molecule has 0 radical (unpaired) electrons. The minimum atomic E-state index is -0.785. The summed E-state index contributed by atoms with van der Waals surface area (Å²) < 4.78 is 26.3. The van der Waals surface area contributed by atoms with Crippen LogP contribution in [-0.2, 0) is 6.42 Å². The first-order valence-electron chi connectivity index (χ1n) is 7.59. The van der Waals surface area contributed by atoms with E-state index in [1.807, 2.05) is 0 Å². The number of benzene rings is 1. The van der Waals surface area contributed by atoms with Crippen LogP contribution in [0.3, 0.4) is 0 Å². The molecule has 0 heterocycles. The Bertz CT molecular complexity index is 517. The van der Waals surface area contributed by atoms with Crippen LogP contribution in [-0.4, -0.2) is 6.04 Å². The number of hydrogen-bond acceptors (Lipinski definition) is 2. The molecule has 2 bridgehead atoms. The maximum atomic E-state index is 13.3. The van der Waals surface area contributed by atoms with E-state index in [0.717, 1.165) is 29.2 Å². The summed E-state index contributed by atoms with van der Waals surface area (Å²) in [6.07, 6.45) is 4.86. The number of fused-ring (bicyclic) bond motifs is 5. The number of nitrogens with two attached hydrogens (primary N) is 1. The summed E-state index contributed by atoms with van der Waals surface area (Å²) >= 11 is 0. The molecular formula is C16H20F2N2. The Labute approximate surface area is 117 Å². The second kappa shape index (κ2) is 4.50. The summed E-state index contributed by atoms with van der Waals surface area (Å²) in [4.78, 5) is 0. The van der Waals surface area contributed by atoms with Crippen LogP contribution in [0.4, 0.5) is 8.78 Å². The number of hydrazine groups is 1. The zero-order valence-corrected chi connectivity index (χ0v) is 11.4. The SMILES string of the molecule is NNC(Cc1ccc(F)c(F)c1)C1C2C3CCC(C3)C21. The van der Waals surface area contributed by atoms with Crippen molar-refractivity contribution in [3.63, 3.8) is 0 Å². The van der Waals surface area contributed by atoms with E-state index < -0.39 is 11.6 Å². The van der Waals surface area contributed by atoms with Crippen LogP contribution in [0.2, 0.25) is 0 Å². The summed E-state index contributed by atoms with van der Waals surface area (Å²) in [5, 5.41) is 0. The standard InChI is InChI=1S/C16H20F2N2/c17-11-4-1-8(5-12(11)18)6-13(20-19)16-14-9-2-3-10(7-9)15(14)16/h1,4-5,9-10,13-16,20H,2-3,6-7,19H2. The van der Waals surface area contributed by atoms with Gasteiger partial charge in [0.05, 0.1) is 0 Å². The van der Waals surface area contributed by atoms with Crippen molar-refractivity contribution in [3.8, 4) is 0 Å². The Morgan fingerprint density at radius 3 is 2.45 bits per heavy atom. The molecule has 3 aliphatic carbocycles. The van der Waals surface area contributed by atoms with Crippen LogP contribution in [0.5, 0.6) is 0 Å². The molecule has 3 aliphatic rings. The van der Waals surface area contributed by atoms with Gasteiger partial charge in [-0.1, -0.05) is 6.07 Å². The van der Waals surface area contributed by atoms with E-state index in [2.05, 4.69) is 5.43 Å². The lowest BCUT2D eigenvalue weighted by molar-refractivity contribution is 0.364. The van der Waals surface area contributed by atoms with Crippen molar-refractivity contribution in [2.24, 2.45) is 35.4 Å². The minimum absolute atomic E-state index is 0.193. The second-order valence-electron chi connectivity index (χ2n) is 6.79. The zero-order chi connectivity index (χ0) is 13.9. The summed E-state index contributed by atoms with van der Waals surface area (Å²) in [5.41, 5.74) is 3.75. The van der Waals surface area contributed by atoms with Crippen molar-refractivity contribution >= 4 is 0 Å². The number of hydrogen-bond donors (Lipinski definition) is 2. The van der Waals surface area contributed by atoms with Crippen LogP contribution in [0.25, 0.3) is 0 Å². The van der Waals surface area contributed by atoms with Gasteiger partial charge in [0.2, 0.25) is 0 Å². The largest absolute Gasteiger partial charge is 0.271 e. The molecule has 3 N–H and O–H groups in total. The highest BCUT2D eigenvalue weighted by atomic mass is 19.2. The van der Waals surface area contributed by atoms with Gasteiger partial charge in [-0.3, -0.25) is 11.3 Å². The number of rotatable bonds is 4. The molecule has 0 aliphatic heterocycles. The van der Waals surface area contributed by atoms with E-state index in [1.165, 1.54) is 31.4 Å². The zero-order valence-electron chi connectivity index (χ0n) is 11.4. The summed E-state index contributed by atoms with van der Waals surface area (Å²) in [6.45, 7) is 0. The van der Waals surface area contributed by atoms with Crippen LogP contribution >= 0.6 is 0 Å². The van der Waals surface area contributed by atoms with Crippen LogP contribution in [0.15, 0.2) is 18.2 Å². The van der Waals surface area contributed by atoms with Gasteiger partial charge in [-0.25, -0.2) is 8.78 Å². The van der Waals surface area contributed by atoms with Gasteiger partial charge in [0.1, 0.15) is 0 Å². The molecule has 4 rings (SSSR count). The fraction of sp³-hybridized carbons (Fsp3) is 0.625. The van der Waals surface area contributed by atoms with Crippen LogP contribution < -0.4 is 11.3 Å². The first-order valence-corrected chi connectivity index (χ1v) is 7.59. The Morgan fingerprint density at radius 2 is 1.85 bits per heavy atom. The third kappa shape index (κ3) is 1.81. The highest BCUT2D eigenvalue weighted by molar-refractivity contribution is 5.22. The molecule has 5 unspecified atom stereocenters. The quantitative estimate of drug-likeness (QED) is 0.656. The van der Waals surface area contributed by atoms with E-state index in [9.17, 15) is 8.78 Å². The molecule has 1 aromatic rings. The predicted octanol–water partition coefficient (Wildman–Crippen LogP) is 2.63. The van der Waals surface area contributed by atoms with E-state index in [0.29, 0.717) is 12.3 Å². The molecule has 2 nitrogen and oxygen atoms in total. The Kier molecular flexibility index (Phi) is 2.86. The van der Waals surface area contributed by atoms with E-state index in [1.54, 1.807) is 6.07 Å². The average molecular weight is 278 g/mol. The Hall–Kier alpha value is -1.00. The highest BCUT2D eigenvalue weighted by Crippen LogP contribution is 2.70. The normalized spacial score (nSPS) is 38.9. The monoisotopic (exact) mass is 278 g/mol. The third-order valence-electron chi connectivity index (χ3n) is 5.91. The van der Waals surface area contributed by atoms with Gasteiger partial charge in [0.15, 0.2) is 11.6 Å². The molecule has 1 aromatic carbocycles. The lowest BCUT2D eigenvalue weighted by atomic mass is 9.93. The highest BCUT2D eigenvalue weighted by Gasteiger charge is 2.66. The van der Waals surface area contributed by atoms with Crippen molar-refractivity contribution in [2.75, 3.05) is 0 Å². The van der Waals surface area contributed by atoms with Crippen molar-refractivity contribution < 1.29 is 8.78 Å². The fourth-order valence-electron chi connectivity index (χ4n) is 5.16. The van der Waals surface area contributed by atoms with Gasteiger partial charge in [-0.05, 0) is 73.0 Å². The Morgan fingerprint density at radius 1 is 1.15 bits per heavy atom. The molecule has 0 aromatic heterocycles. The summed E-state index contributed by atoms with van der Waals surface area (Å²) in [5.74, 6) is 8.28. The van der Waals surface area contributed by atoms with Crippen molar-refractivity contribution in [2.45, 2.75) is 31.7 Å². The van der Waals surface area contributed by atoms with Crippen molar-refractivity contribution in [1.29, 1.82) is 0 Å². The summed E-state index contributed by atoms with van der Waals surface area (Å²) in [7, 11) is 0. The van der Waals surface area contributed by atoms with E-state index in [-0.39, 0.29) is 6.04 Å². The van der Waals surface area contributed by atoms with Crippen molar-refractivity contribution in [1.82, 2.24) is 5.43 Å². The summed E-state index contributed by atoms with van der Waals surface area (Å²) in [6, 6.07) is 4.36. The van der Waals surface area contributed by atoms with E-state index >= 15 is 0 Å². The number of halogens is 2. The third-order valence-corrected chi connectivity index (χ3v) is 5.91. The maximum Gasteiger partial charge on any atom is 0.159 e. The first kappa shape index (κ1) is 12.7. The topological polar surface area (TPSA) is 38.0 Å². The molecule has 4 heteroatoms. The second-order valence-corrected chi connectivity index (χ2v) is 6.79. The fourth-order valence-corrected chi connectivity index (χ4v) is 5.16. The van der Waals surface area contributed by atoms with Gasteiger partial charge in [0.25, 0.3) is 0 Å². The molecule has 3 saturated carbocycles. The smallest absolute Gasteiger partial charge is 0.159 e. The lowest BCUT2D eigenvalue weighted by Gasteiger charge is -2.20. The minimum Gasteiger partial charge on any atom is -0.271 e. The molecule has 0 amide bonds. The molecule has 3 fully saturated rings. The lowest BCUT2D eigenvalue weighted by Crippen LogP contribution is -2.40. The van der Waals surface area contributed by atoms with Gasteiger partial charge < -0.3 is 0 Å². The van der Waals surface area contributed by atoms with Gasteiger partial charge in [-0.15, -0.1) is 0 Å². The van der Waals surface area contributed by atoms with E-state index in [4.69, 9.17) is 5.84 Å². The maximum absolute atomic E-state index is 13.3. The number of nitrogens with one attached hydrogen (secondary N) is 1. The predicted molar refractivity (Wildman–Crippen MR) is 72.5 cm³/mol. The molecule has 108 valence electrons. The molecule has 20 heavy (non-hydrogen) atoms. The Balaban J connectivity index is 1.48. The van der Waals surface area contributed by atoms with Crippen LogP contribution in [0, 0.1) is 41.2 Å². The van der Waals surface area contributed by atoms with Crippen molar-refractivity contribution in [3.05, 3.63) is 35.4 Å². The molecule has 0 spiro atoms. The molecule has 5 atom stereocenters. The van der Waals surface area contributed by atoms with Gasteiger partial charge in [-0.2, -0.15) is 0 Å². The van der Waals surface area contributed by atoms with Gasteiger partial charge >= 0.3 is 0 Å².